The van der Waals surface area contributed by atoms with Crippen molar-refractivity contribution in [1.82, 2.24) is 15.6 Å². The lowest BCUT2D eigenvalue weighted by Gasteiger charge is -2.35. The molecule has 1 fully saturated rings. The van der Waals surface area contributed by atoms with Crippen LogP contribution in [0.15, 0.2) is 11.7 Å². The highest BCUT2D eigenvalue weighted by Crippen LogP contribution is 2.30. The van der Waals surface area contributed by atoms with Gasteiger partial charge in [0.1, 0.15) is 0 Å². The Balaban J connectivity index is 1.93. The van der Waals surface area contributed by atoms with Crippen molar-refractivity contribution in [3.8, 4) is 0 Å². The van der Waals surface area contributed by atoms with Crippen molar-refractivity contribution in [1.29, 1.82) is 0 Å². The molecule has 94 valence electrons. The summed E-state index contributed by atoms with van der Waals surface area (Å²) in [7, 11) is 0. The Morgan fingerprint density at radius 2 is 2.59 bits per heavy atom. The molecular formula is C12H19N3OS. The van der Waals surface area contributed by atoms with Gasteiger partial charge in [-0.3, -0.25) is 9.78 Å². The van der Waals surface area contributed by atoms with Crippen LogP contribution in [-0.4, -0.2) is 24.0 Å². The van der Waals surface area contributed by atoms with Crippen molar-refractivity contribution >= 4 is 17.2 Å². The Morgan fingerprint density at radius 1 is 1.71 bits per heavy atom. The highest BCUT2D eigenvalue weighted by molar-refractivity contribution is 7.09. The van der Waals surface area contributed by atoms with Crippen molar-refractivity contribution < 1.29 is 4.79 Å². The van der Waals surface area contributed by atoms with Gasteiger partial charge in [0.25, 0.3) is 0 Å². The van der Waals surface area contributed by atoms with Crippen molar-refractivity contribution in [2.75, 3.05) is 13.1 Å². The van der Waals surface area contributed by atoms with E-state index in [1.165, 1.54) is 0 Å². The molecule has 1 saturated heterocycles. The van der Waals surface area contributed by atoms with Crippen LogP contribution in [-0.2, 0) is 11.3 Å². The minimum atomic E-state index is -0.205. The molecule has 0 aromatic carbocycles. The van der Waals surface area contributed by atoms with Gasteiger partial charge < -0.3 is 10.6 Å². The first kappa shape index (κ1) is 12.5. The van der Waals surface area contributed by atoms with Gasteiger partial charge in [-0.05, 0) is 25.8 Å². The van der Waals surface area contributed by atoms with Crippen LogP contribution in [0.25, 0.3) is 0 Å². The van der Waals surface area contributed by atoms with Crippen molar-refractivity contribution in [2.45, 2.75) is 32.7 Å². The van der Waals surface area contributed by atoms with Gasteiger partial charge in [0.2, 0.25) is 5.91 Å². The van der Waals surface area contributed by atoms with E-state index in [-0.39, 0.29) is 11.3 Å². The fraction of sp³-hybridized carbons (Fsp3) is 0.667. The summed E-state index contributed by atoms with van der Waals surface area (Å²) in [5.74, 6) is 0.181. The number of aromatic nitrogens is 1. The maximum atomic E-state index is 12.3. The van der Waals surface area contributed by atoms with Crippen LogP contribution in [0.1, 0.15) is 31.1 Å². The van der Waals surface area contributed by atoms with Crippen molar-refractivity contribution in [2.24, 2.45) is 5.41 Å². The minimum Gasteiger partial charge on any atom is -0.351 e. The standard InChI is InChI=1S/C12H19N3OS/c1-2-12(4-3-5-13-8-12)11(16)15-7-10-6-14-9-17-10/h6,9,13H,2-5,7-8H2,1H3,(H,15,16). The first-order chi connectivity index (χ1) is 8.27. The second-order valence-corrected chi connectivity index (χ2v) is 5.54. The molecule has 1 unspecified atom stereocenters. The molecule has 2 rings (SSSR count). The topological polar surface area (TPSA) is 54.0 Å². The molecule has 4 nitrogen and oxygen atoms in total. The summed E-state index contributed by atoms with van der Waals surface area (Å²) in [6.07, 6.45) is 4.78. The zero-order valence-electron chi connectivity index (χ0n) is 10.2. The lowest BCUT2D eigenvalue weighted by molar-refractivity contribution is -0.132. The number of hydrogen-bond donors (Lipinski definition) is 2. The number of nitrogens with one attached hydrogen (secondary N) is 2. The van der Waals surface area contributed by atoms with E-state index in [1.54, 1.807) is 16.8 Å². The van der Waals surface area contributed by atoms with Crippen LogP contribution in [0.5, 0.6) is 0 Å². The van der Waals surface area contributed by atoms with E-state index in [2.05, 4.69) is 22.5 Å². The molecule has 0 spiro atoms. The van der Waals surface area contributed by atoms with Gasteiger partial charge in [0, 0.05) is 17.6 Å². The third-order valence-electron chi connectivity index (χ3n) is 3.54. The maximum absolute atomic E-state index is 12.3. The highest BCUT2D eigenvalue weighted by Gasteiger charge is 2.37. The first-order valence-corrected chi connectivity index (χ1v) is 7.01. The molecule has 17 heavy (non-hydrogen) atoms. The van der Waals surface area contributed by atoms with Crippen LogP contribution < -0.4 is 10.6 Å². The second kappa shape index (κ2) is 5.60. The lowest BCUT2D eigenvalue weighted by Crippen LogP contribution is -2.49. The molecule has 2 heterocycles. The average Bonchev–Trinajstić information content (AvgIpc) is 2.90. The molecule has 1 aliphatic heterocycles. The molecule has 2 N–H and O–H groups in total. The van der Waals surface area contributed by atoms with Crippen LogP contribution in [0.3, 0.4) is 0 Å². The number of carbonyl (C=O) groups excluding carboxylic acids is 1. The van der Waals surface area contributed by atoms with Crippen molar-refractivity contribution in [3.05, 3.63) is 16.6 Å². The van der Waals surface area contributed by atoms with E-state index in [0.717, 1.165) is 37.2 Å². The third-order valence-corrected chi connectivity index (χ3v) is 4.32. The largest absolute Gasteiger partial charge is 0.351 e. The average molecular weight is 253 g/mol. The van der Waals surface area contributed by atoms with Gasteiger partial charge in [0.05, 0.1) is 17.5 Å². The fourth-order valence-corrected chi connectivity index (χ4v) is 2.84. The molecule has 5 heteroatoms. The first-order valence-electron chi connectivity index (χ1n) is 6.13. The smallest absolute Gasteiger partial charge is 0.227 e. The zero-order chi connectivity index (χ0) is 12.1. The predicted octanol–water partition coefficient (Wildman–Crippen LogP) is 1.54. The Kier molecular flexibility index (Phi) is 4.12. The van der Waals surface area contributed by atoms with Gasteiger partial charge in [-0.25, -0.2) is 0 Å². The van der Waals surface area contributed by atoms with E-state index in [9.17, 15) is 4.79 Å². The van der Waals surface area contributed by atoms with Crippen LogP contribution in [0.4, 0.5) is 0 Å². The Labute approximate surface area is 106 Å². The van der Waals surface area contributed by atoms with E-state index in [1.807, 2.05) is 6.20 Å². The zero-order valence-corrected chi connectivity index (χ0v) is 11.0. The summed E-state index contributed by atoms with van der Waals surface area (Å²) in [4.78, 5) is 17.4. The molecule has 0 aliphatic carbocycles. The molecule has 0 bridgehead atoms. The summed E-state index contributed by atoms with van der Waals surface area (Å²) in [5.41, 5.74) is 1.59. The molecule has 1 atom stereocenters. The van der Waals surface area contributed by atoms with Gasteiger partial charge in [-0.15, -0.1) is 11.3 Å². The summed E-state index contributed by atoms with van der Waals surface area (Å²) >= 11 is 1.58. The quantitative estimate of drug-likeness (QED) is 0.856. The molecule has 1 aromatic rings. The number of amides is 1. The summed E-state index contributed by atoms with van der Waals surface area (Å²) in [6.45, 7) is 4.53. The van der Waals surface area contributed by atoms with Crippen molar-refractivity contribution in [3.63, 3.8) is 0 Å². The molecular weight excluding hydrogens is 234 g/mol. The normalized spacial score (nSPS) is 24.5. The molecule has 0 saturated carbocycles. The third kappa shape index (κ3) is 2.84. The van der Waals surface area contributed by atoms with E-state index in [0.29, 0.717) is 6.54 Å². The Hall–Kier alpha value is -0.940. The predicted molar refractivity (Wildman–Crippen MR) is 68.8 cm³/mol. The van der Waals surface area contributed by atoms with Crippen LogP contribution in [0, 0.1) is 5.41 Å². The number of nitrogens with zero attached hydrogens (tertiary/aromatic N) is 1. The number of thiazole rings is 1. The van der Waals surface area contributed by atoms with Gasteiger partial charge in [-0.1, -0.05) is 6.92 Å². The summed E-state index contributed by atoms with van der Waals surface area (Å²) in [5, 5.41) is 6.37. The number of rotatable bonds is 4. The van der Waals surface area contributed by atoms with Gasteiger partial charge in [-0.2, -0.15) is 0 Å². The van der Waals surface area contributed by atoms with Gasteiger partial charge in [0.15, 0.2) is 0 Å². The summed E-state index contributed by atoms with van der Waals surface area (Å²) < 4.78 is 0. The summed E-state index contributed by atoms with van der Waals surface area (Å²) in [6, 6.07) is 0. The monoisotopic (exact) mass is 253 g/mol. The number of piperidine rings is 1. The van der Waals surface area contributed by atoms with E-state index < -0.39 is 0 Å². The molecule has 1 aliphatic rings. The Bertz CT molecular complexity index is 358. The number of carbonyl (C=O) groups is 1. The molecule has 1 aromatic heterocycles. The highest BCUT2D eigenvalue weighted by atomic mass is 32.1. The van der Waals surface area contributed by atoms with Crippen LogP contribution >= 0.6 is 11.3 Å². The fourth-order valence-electron chi connectivity index (χ4n) is 2.31. The maximum Gasteiger partial charge on any atom is 0.227 e. The second-order valence-electron chi connectivity index (χ2n) is 4.56. The minimum absolute atomic E-state index is 0.181. The van der Waals surface area contributed by atoms with Gasteiger partial charge >= 0.3 is 0 Å². The molecule has 1 amide bonds. The van der Waals surface area contributed by atoms with Crippen LogP contribution in [0.2, 0.25) is 0 Å². The number of hydrogen-bond acceptors (Lipinski definition) is 4. The van der Waals surface area contributed by atoms with E-state index in [4.69, 9.17) is 0 Å². The molecule has 0 radical (unpaired) electrons. The SMILES string of the molecule is CCC1(C(=O)NCc2cncs2)CCCNC1. The van der Waals surface area contributed by atoms with E-state index >= 15 is 0 Å². The lowest BCUT2D eigenvalue weighted by atomic mass is 9.77. The Morgan fingerprint density at radius 3 is 3.18 bits per heavy atom.